The van der Waals surface area contributed by atoms with Crippen LogP contribution in [0.3, 0.4) is 0 Å². The van der Waals surface area contributed by atoms with Gasteiger partial charge in [-0.3, -0.25) is 0 Å². The fourth-order valence-corrected chi connectivity index (χ4v) is 3.57. The molecule has 0 bridgehead atoms. The van der Waals surface area contributed by atoms with E-state index in [0.717, 1.165) is 13.2 Å². The molecule has 1 nitrogen and oxygen atoms in total. The summed E-state index contributed by atoms with van der Waals surface area (Å²) < 4.78 is 6.03. The van der Waals surface area contributed by atoms with Crippen molar-refractivity contribution < 1.29 is 4.74 Å². The van der Waals surface area contributed by atoms with Crippen molar-refractivity contribution >= 4 is 11.8 Å². The lowest BCUT2D eigenvalue weighted by Crippen LogP contribution is -2.35. The summed E-state index contributed by atoms with van der Waals surface area (Å²) in [4.78, 5) is 0. The summed E-state index contributed by atoms with van der Waals surface area (Å²) in [6.45, 7) is 2.01. The highest BCUT2D eigenvalue weighted by Crippen LogP contribution is 2.43. The molecule has 0 aromatic rings. The van der Waals surface area contributed by atoms with Crippen LogP contribution in [0, 0.1) is 0 Å². The Hall–Kier alpha value is 0.310. The van der Waals surface area contributed by atoms with Gasteiger partial charge in [0.25, 0.3) is 0 Å². The molecule has 0 radical (unpaired) electrons. The minimum absolute atomic E-state index is 0.649. The summed E-state index contributed by atoms with van der Waals surface area (Å²) in [5, 5.41) is 0. The maximum Gasteiger partial charge on any atom is 0.0479 e. The van der Waals surface area contributed by atoms with E-state index in [1.807, 2.05) is 0 Å². The van der Waals surface area contributed by atoms with Gasteiger partial charge in [-0.2, -0.15) is 11.8 Å². The molecule has 0 N–H and O–H groups in total. The molecule has 0 amide bonds. The van der Waals surface area contributed by atoms with Gasteiger partial charge < -0.3 is 4.74 Å². The van der Waals surface area contributed by atoms with Crippen molar-refractivity contribution in [2.24, 2.45) is 0 Å². The van der Waals surface area contributed by atoms with Crippen molar-refractivity contribution in [1.82, 2.24) is 0 Å². The summed E-state index contributed by atoms with van der Waals surface area (Å²) in [6.07, 6.45) is 6.94. The molecule has 2 saturated heterocycles. The lowest BCUT2D eigenvalue weighted by molar-refractivity contribution is 0.0738. The van der Waals surface area contributed by atoms with Gasteiger partial charge in [0.05, 0.1) is 0 Å². The van der Waals surface area contributed by atoms with Gasteiger partial charge in [-0.15, -0.1) is 0 Å². The lowest BCUT2D eigenvalue weighted by Gasteiger charge is -2.39. The third kappa shape index (κ3) is 1.73. The maximum atomic E-state index is 5.38. The van der Waals surface area contributed by atoms with Gasteiger partial charge in [0.2, 0.25) is 0 Å². The highest BCUT2D eigenvalue weighted by Gasteiger charge is 2.34. The number of hydrogen-bond acceptors (Lipinski definition) is 2. The molecule has 1 spiro atoms. The van der Waals surface area contributed by atoms with E-state index in [2.05, 4.69) is 11.8 Å². The molecule has 0 saturated carbocycles. The Balaban J connectivity index is 1.94. The first-order valence-electron chi connectivity index (χ1n) is 4.63. The molecule has 2 aliphatic heterocycles. The van der Waals surface area contributed by atoms with Crippen LogP contribution in [0.15, 0.2) is 0 Å². The van der Waals surface area contributed by atoms with Crippen LogP contribution < -0.4 is 0 Å². The predicted octanol–water partition coefficient (Wildman–Crippen LogP) is 2.45. The van der Waals surface area contributed by atoms with Crippen LogP contribution in [-0.2, 0) is 4.74 Å². The second-order valence-corrected chi connectivity index (χ2v) is 5.16. The van der Waals surface area contributed by atoms with Crippen molar-refractivity contribution in [3.63, 3.8) is 0 Å². The van der Waals surface area contributed by atoms with E-state index >= 15 is 0 Å². The van der Waals surface area contributed by atoms with Gasteiger partial charge >= 0.3 is 0 Å². The third-order valence-electron chi connectivity index (χ3n) is 2.84. The van der Waals surface area contributed by atoms with Crippen molar-refractivity contribution in [2.45, 2.75) is 36.9 Å². The molecule has 2 rings (SSSR count). The Morgan fingerprint density at radius 3 is 2.45 bits per heavy atom. The molecule has 0 atom stereocenters. The number of thioether (sulfide) groups is 1. The standard InChI is InChI=1S/C9H16OS/c1-2-8-11-9(3-1)4-6-10-7-5-9/h1-8H2. The SMILES string of the molecule is C1CCC2(CCOCC2)SC1. The quantitative estimate of drug-likeness (QED) is 0.555. The van der Waals surface area contributed by atoms with Crippen LogP contribution in [-0.4, -0.2) is 23.7 Å². The van der Waals surface area contributed by atoms with E-state index < -0.39 is 0 Å². The zero-order chi connectivity index (χ0) is 7.57. The van der Waals surface area contributed by atoms with E-state index in [0.29, 0.717) is 4.75 Å². The highest BCUT2D eigenvalue weighted by atomic mass is 32.2. The van der Waals surface area contributed by atoms with Crippen LogP contribution in [0.5, 0.6) is 0 Å². The van der Waals surface area contributed by atoms with Crippen LogP contribution in [0.25, 0.3) is 0 Å². The van der Waals surface area contributed by atoms with E-state index in [-0.39, 0.29) is 0 Å². The van der Waals surface area contributed by atoms with Crippen LogP contribution in [0.2, 0.25) is 0 Å². The van der Waals surface area contributed by atoms with E-state index in [1.54, 1.807) is 0 Å². The molecule has 2 aliphatic rings. The minimum Gasteiger partial charge on any atom is -0.381 e. The molecule has 0 aromatic carbocycles. The van der Waals surface area contributed by atoms with Gasteiger partial charge in [0.15, 0.2) is 0 Å². The Morgan fingerprint density at radius 1 is 1.00 bits per heavy atom. The molecule has 0 aromatic heterocycles. The molecule has 2 heterocycles. The normalized spacial score (nSPS) is 30.5. The average molecular weight is 172 g/mol. The fraction of sp³-hybridized carbons (Fsp3) is 1.00. The first kappa shape index (κ1) is 7.93. The van der Waals surface area contributed by atoms with Gasteiger partial charge in [0.1, 0.15) is 0 Å². The zero-order valence-electron chi connectivity index (χ0n) is 6.97. The third-order valence-corrected chi connectivity index (χ3v) is 4.56. The smallest absolute Gasteiger partial charge is 0.0479 e. The maximum absolute atomic E-state index is 5.38. The number of hydrogen-bond donors (Lipinski definition) is 0. The van der Waals surface area contributed by atoms with Gasteiger partial charge in [-0.05, 0) is 31.4 Å². The zero-order valence-corrected chi connectivity index (χ0v) is 7.79. The summed E-state index contributed by atoms with van der Waals surface area (Å²) in [7, 11) is 0. The predicted molar refractivity (Wildman–Crippen MR) is 49.1 cm³/mol. The molecule has 2 heteroatoms. The summed E-state index contributed by atoms with van der Waals surface area (Å²) in [5.41, 5.74) is 0. The van der Waals surface area contributed by atoms with Crippen molar-refractivity contribution in [2.75, 3.05) is 19.0 Å². The Morgan fingerprint density at radius 2 is 1.82 bits per heavy atom. The average Bonchev–Trinajstić information content (AvgIpc) is 2.07. The lowest BCUT2D eigenvalue weighted by atomic mass is 9.92. The monoisotopic (exact) mass is 172 g/mol. The molecule has 2 fully saturated rings. The molecular formula is C9H16OS. The van der Waals surface area contributed by atoms with E-state index in [1.165, 1.54) is 37.9 Å². The van der Waals surface area contributed by atoms with Gasteiger partial charge in [-0.1, -0.05) is 6.42 Å². The van der Waals surface area contributed by atoms with E-state index in [4.69, 9.17) is 4.74 Å². The minimum atomic E-state index is 0.649. The molecule has 0 unspecified atom stereocenters. The summed E-state index contributed by atoms with van der Waals surface area (Å²) >= 11 is 2.21. The fourth-order valence-electron chi connectivity index (χ4n) is 2.05. The largest absolute Gasteiger partial charge is 0.381 e. The molecule has 64 valence electrons. The number of rotatable bonds is 0. The second-order valence-electron chi connectivity index (χ2n) is 3.60. The Kier molecular flexibility index (Phi) is 2.42. The topological polar surface area (TPSA) is 9.23 Å². The molecular weight excluding hydrogens is 156 g/mol. The van der Waals surface area contributed by atoms with Crippen molar-refractivity contribution in [1.29, 1.82) is 0 Å². The highest BCUT2D eigenvalue weighted by molar-refractivity contribution is 8.00. The molecule has 11 heavy (non-hydrogen) atoms. The number of ether oxygens (including phenoxy) is 1. The van der Waals surface area contributed by atoms with Crippen LogP contribution in [0.1, 0.15) is 32.1 Å². The molecule has 0 aliphatic carbocycles. The van der Waals surface area contributed by atoms with Crippen LogP contribution in [0.4, 0.5) is 0 Å². The van der Waals surface area contributed by atoms with Crippen molar-refractivity contribution in [3.05, 3.63) is 0 Å². The summed E-state index contributed by atoms with van der Waals surface area (Å²) in [6, 6.07) is 0. The summed E-state index contributed by atoms with van der Waals surface area (Å²) in [5.74, 6) is 1.39. The first-order chi connectivity index (χ1) is 5.41. The first-order valence-corrected chi connectivity index (χ1v) is 5.62. The van der Waals surface area contributed by atoms with Crippen LogP contribution >= 0.6 is 11.8 Å². The van der Waals surface area contributed by atoms with E-state index in [9.17, 15) is 0 Å². The second kappa shape index (κ2) is 3.36. The van der Waals surface area contributed by atoms with Gasteiger partial charge in [-0.25, -0.2) is 0 Å². The Labute approximate surface area is 72.9 Å². The van der Waals surface area contributed by atoms with Crippen molar-refractivity contribution in [3.8, 4) is 0 Å². The van der Waals surface area contributed by atoms with Gasteiger partial charge in [0, 0.05) is 18.0 Å². The Bertz CT molecular complexity index is 104.